The lowest BCUT2D eigenvalue weighted by atomic mass is 10.0. The van der Waals surface area contributed by atoms with Gasteiger partial charge in [-0.15, -0.1) is 0 Å². The lowest BCUT2D eigenvalue weighted by Gasteiger charge is -2.14. The maximum atomic E-state index is 11.3. The van der Waals surface area contributed by atoms with Crippen molar-refractivity contribution in [3.8, 4) is 0 Å². The van der Waals surface area contributed by atoms with Crippen LogP contribution in [0.2, 0.25) is 0 Å². The number of hydrogen-bond donors (Lipinski definition) is 1. The van der Waals surface area contributed by atoms with Crippen molar-refractivity contribution in [1.29, 1.82) is 0 Å². The first-order valence-electron chi connectivity index (χ1n) is 6.57. The molecule has 0 rings (SSSR count). The van der Waals surface area contributed by atoms with Crippen LogP contribution in [-0.4, -0.2) is 25.7 Å². The van der Waals surface area contributed by atoms with Gasteiger partial charge in [0.05, 0.1) is 13.0 Å². The zero-order valence-corrected chi connectivity index (χ0v) is 11.1. The van der Waals surface area contributed by atoms with Crippen molar-refractivity contribution >= 4 is 5.97 Å². The first-order valence-corrected chi connectivity index (χ1v) is 6.57. The molecule has 16 heavy (non-hydrogen) atoms. The van der Waals surface area contributed by atoms with E-state index in [1.54, 1.807) is 0 Å². The van der Waals surface area contributed by atoms with Crippen LogP contribution in [0.4, 0.5) is 0 Å². The molecule has 96 valence electrons. The summed E-state index contributed by atoms with van der Waals surface area (Å²) in [6.45, 7) is 4.54. The molecular formula is C13H27NO2. The number of carbonyl (C=O) groups excluding carboxylic acids is 1. The molecular weight excluding hydrogens is 202 g/mol. The van der Waals surface area contributed by atoms with E-state index in [0.717, 1.165) is 6.42 Å². The van der Waals surface area contributed by atoms with E-state index in [1.165, 1.54) is 32.1 Å². The Balaban J connectivity index is 3.54. The van der Waals surface area contributed by atoms with Crippen molar-refractivity contribution in [2.45, 2.75) is 64.8 Å². The molecule has 1 N–H and O–H groups in total. The van der Waals surface area contributed by atoms with Crippen molar-refractivity contribution in [1.82, 2.24) is 5.32 Å². The van der Waals surface area contributed by atoms with E-state index >= 15 is 0 Å². The Hall–Kier alpha value is -0.570. The summed E-state index contributed by atoms with van der Waals surface area (Å²) < 4.78 is 4.94. The normalized spacial score (nSPS) is 12.4. The van der Waals surface area contributed by atoms with Crippen LogP contribution in [0.1, 0.15) is 58.8 Å². The fraction of sp³-hybridized carbons (Fsp3) is 0.923. The molecule has 1 unspecified atom stereocenters. The van der Waals surface area contributed by atoms with Crippen LogP contribution in [0.5, 0.6) is 0 Å². The first kappa shape index (κ1) is 15.4. The molecule has 0 aliphatic heterocycles. The van der Waals surface area contributed by atoms with E-state index in [2.05, 4.69) is 12.2 Å². The molecule has 0 fully saturated rings. The Kier molecular flexibility index (Phi) is 10.5. The lowest BCUT2D eigenvalue weighted by molar-refractivity contribution is -0.143. The Morgan fingerprint density at radius 2 is 1.88 bits per heavy atom. The smallest absolute Gasteiger partial charge is 0.307 e. The van der Waals surface area contributed by atoms with Gasteiger partial charge in [-0.2, -0.15) is 0 Å². The predicted octanol–water partition coefficient (Wildman–Crippen LogP) is 2.89. The van der Waals surface area contributed by atoms with Gasteiger partial charge in [-0.05, 0) is 20.4 Å². The highest BCUT2D eigenvalue weighted by atomic mass is 16.5. The summed E-state index contributed by atoms with van der Waals surface area (Å²) in [6.07, 6.45) is 7.95. The molecule has 3 nitrogen and oxygen atoms in total. The summed E-state index contributed by atoms with van der Waals surface area (Å²) in [5.74, 6) is -0.0876. The van der Waals surface area contributed by atoms with Crippen molar-refractivity contribution in [3.63, 3.8) is 0 Å². The maximum Gasteiger partial charge on any atom is 0.307 e. The molecule has 1 atom stereocenters. The maximum absolute atomic E-state index is 11.3. The van der Waals surface area contributed by atoms with Gasteiger partial charge in [0.25, 0.3) is 0 Å². The summed E-state index contributed by atoms with van der Waals surface area (Å²) >= 11 is 0. The molecule has 0 aromatic heterocycles. The molecule has 0 radical (unpaired) electrons. The van der Waals surface area contributed by atoms with Gasteiger partial charge < -0.3 is 10.1 Å². The van der Waals surface area contributed by atoms with E-state index in [9.17, 15) is 4.79 Å². The number of esters is 1. The van der Waals surface area contributed by atoms with E-state index in [1.807, 2.05) is 14.0 Å². The van der Waals surface area contributed by atoms with Crippen molar-refractivity contribution < 1.29 is 9.53 Å². The van der Waals surface area contributed by atoms with Gasteiger partial charge in [-0.3, -0.25) is 4.79 Å². The van der Waals surface area contributed by atoms with Gasteiger partial charge in [-0.1, -0.05) is 39.0 Å². The fourth-order valence-corrected chi connectivity index (χ4v) is 1.76. The molecule has 0 amide bonds. The van der Waals surface area contributed by atoms with E-state index < -0.39 is 0 Å². The van der Waals surface area contributed by atoms with E-state index in [4.69, 9.17) is 4.74 Å². The van der Waals surface area contributed by atoms with Crippen molar-refractivity contribution in [2.24, 2.45) is 0 Å². The van der Waals surface area contributed by atoms with Gasteiger partial charge in [-0.25, -0.2) is 0 Å². The number of nitrogens with one attached hydrogen (secondary N) is 1. The predicted molar refractivity (Wildman–Crippen MR) is 67.5 cm³/mol. The second-order valence-electron chi connectivity index (χ2n) is 4.20. The summed E-state index contributed by atoms with van der Waals surface area (Å²) in [5.41, 5.74) is 0. The van der Waals surface area contributed by atoms with Gasteiger partial charge in [0.2, 0.25) is 0 Å². The molecule has 0 saturated carbocycles. The minimum Gasteiger partial charge on any atom is -0.466 e. The van der Waals surface area contributed by atoms with Crippen LogP contribution in [0.25, 0.3) is 0 Å². The zero-order valence-electron chi connectivity index (χ0n) is 11.1. The molecule has 0 spiro atoms. The van der Waals surface area contributed by atoms with Crippen molar-refractivity contribution in [3.05, 3.63) is 0 Å². The second kappa shape index (κ2) is 10.9. The molecule has 0 bridgehead atoms. The molecule has 0 aliphatic rings. The van der Waals surface area contributed by atoms with Crippen LogP contribution < -0.4 is 5.32 Å². The fourth-order valence-electron chi connectivity index (χ4n) is 1.76. The largest absolute Gasteiger partial charge is 0.466 e. The standard InChI is InChI=1S/C13H27NO2/c1-4-6-7-8-9-10-12(14-3)11-13(15)16-5-2/h12,14H,4-11H2,1-3H3. The second-order valence-corrected chi connectivity index (χ2v) is 4.20. The third kappa shape index (κ3) is 8.72. The highest BCUT2D eigenvalue weighted by Crippen LogP contribution is 2.09. The third-order valence-corrected chi connectivity index (χ3v) is 2.78. The number of unbranched alkanes of at least 4 members (excludes halogenated alkanes) is 4. The lowest BCUT2D eigenvalue weighted by Crippen LogP contribution is -2.28. The summed E-state index contributed by atoms with van der Waals surface area (Å²) in [7, 11) is 1.91. The average molecular weight is 229 g/mol. The summed E-state index contributed by atoms with van der Waals surface area (Å²) in [6, 6.07) is 0.278. The summed E-state index contributed by atoms with van der Waals surface area (Å²) in [5, 5.41) is 3.18. The quantitative estimate of drug-likeness (QED) is 0.462. The Labute approximate surface area is 99.9 Å². The van der Waals surface area contributed by atoms with Gasteiger partial charge >= 0.3 is 5.97 Å². The number of carbonyl (C=O) groups is 1. The van der Waals surface area contributed by atoms with Crippen LogP contribution in [0, 0.1) is 0 Å². The van der Waals surface area contributed by atoms with Gasteiger partial charge in [0.15, 0.2) is 0 Å². The van der Waals surface area contributed by atoms with Gasteiger partial charge in [0, 0.05) is 6.04 Å². The molecule has 3 heteroatoms. The number of hydrogen-bond acceptors (Lipinski definition) is 3. The molecule has 0 aliphatic carbocycles. The number of ether oxygens (including phenoxy) is 1. The average Bonchev–Trinajstić information content (AvgIpc) is 2.27. The van der Waals surface area contributed by atoms with Crippen LogP contribution in [-0.2, 0) is 9.53 Å². The Bertz CT molecular complexity index is 171. The molecule has 0 aromatic rings. The third-order valence-electron chi connectivity index (χ3n) is 2.78. The van der Waals surface area contributed by atoms with Crippen LogP contribution in [0.15, 0.2) is 0 Å². The highest BCUT2D eigenvalue weighted by molar-refractivity contribution is 5.70. The highest BCUT2D eigenvalue weighted by Gasteiger charge is 2.11. The van der Waals surface area contributed by atoms with Crippen LogP contribution in [0.3, 0.4) is 0 Å². The van der Waals surface area contributed by atoms with E-state index in [-0.39, 0.29) is 12.0 Å². The molecule has 0 aromatic carbocycles. The molecule has 0 heterocycles. The summed E-state index contributed by atoms with van der Waals surface area (Å²) in [4.78, 5) is 11.3. The SMILES string of the molecule is CCCCCCCC(CC(=O)OCC)NC. The Morgan fingerprint density at radius 3 is 2.44 bits per heavy atom. The minimum absolute atomic E-state index is 0.0876. The zero-order chi connectivity index (χ0) is 12.2. The van der Waals surface area contributed by atoms with Crippen molar-refractivity contribution in [2.75, 3.05) is 13.7 Å². The van der Waals surface area contributed by atoms with E-state index in [0.29, 0.717) is 13.0 Å². The first-order chi connectivity index (χ1) is 7.74. The number of rotatable bonds is 10. The minimum atomic E-state index is -0.0876. The monoisotopic (exact) mass is 229 g/mol. The van der Waals surface area contributed by atoms with Crippen LogP contribution >= 0.6 is 0 Å². The topological polar surface area (TPSA) is 38.3 Å². The Morgan fingerprint density at radius 1 is 1.19 bits per heavy atom. The van der Waals surface area contributed by atoms with Gasteiger partial charge in [0.1, 0.15) is 0 Å². The molecule has 0 saturated heterocycles.